The predicted octanol–water partition coefficient (Wildman–Crippen LogP) is 6.12. The van der Waals surface area contributed by atoms with Gasteiger partial charge in [0.25, 0.3) is 0 Å². The molecule has 0 amide bonds. The highest BCUT2D eigenvalue weighted by Gasteiger charge is 2.37. The normalized spacial score (nSPS) is 13.2. The monoisotopic (exact) mass is 550 g/mol. The second-order valence-electron chi connectivity index (χ2n) is 13.5. The molecule has 0 aromatic heterocycles. The van der Waals surface area contributed by atoms with Crippen molar-refractivity contribution >= 4 is 17.7 Å². The Hall–Kier alpha value is -3.03. The first-order chi connectivity index (χ1) is 18.5. The summed E-state index contributed by atoms with van der Waals surface area (Å²) in [5.41, 5.74) is 3.37. The number of fused-ring (bicyclic) bond motifs is 3. The van der Waals surface area contributed by atoms with Gasteiger partial charge in [-0.15, -0.1) is 0 Å². The van der Waals surface area contributed by atoms with Crippen LogP contribution in [0.4, 0.5) is 0 Å². The van der Waals surface area contributed by atoms with Gasteiger partial charge in [0.2, 0.25) is 0 Å². The van der Waals surface area contributed by atoms with Crippen LogP contribution >= 0.6 is 0 Å². The van der Waals surface area contributed by atoms with Gasteiger partial charge in [-0.25, -0.2) is 9.59 Å². The Morgan fingerprint density at radius 1 is 0.750 bits per heavy atom. The number of carboxylic acid groups (broad SMARTS) is 2. The van der Waals surface area contributed by atoms with E-state index in [1.54, 1.807) is 6.07 Å². The first-order valence-corrected chi connectivity index (χ1v) is 14.2. The third-order valence-corrected chi connectivity index (χ3v) is 8.00. The van der Waals surface area contributed by atoms with E-state index in [4.69, 9.17) is 0 Å². The van der Waals surface area contributed by atoms with Crippen molar-refractivity contribution in [1.82, 2.24) is 9.80 Å². The number of ketones is 1. The zero-order valence-corrected chi connectivity index (χ0v) is 25.5. The number of hydrogen-bond donors (Lipinski definition) is 2. The lowest BCUT2D eigenvalue weighted by atomic mass is 9.74. The van der Waals surface area contributed by atoms with Crippen LogP contribution in [0.15, 0.2) is 24.3 Å². The third kappa shape index (κ3) is 7.38. The average Bonchev–Trinajstić information content (AvgIpc) is 3.08. The summed E-state index contributed by atoms with van der Waals surface area (Å²) in [6, 6.07) is 6.53. The topological polar surface area (TPSA) is 98.2 Å². The quantitative estimate of drug-likeness (QED) is 0.250. The summed E-state index contributed by atoms with van der Waals surface area (Å²) in [5, 5.41) is 20.1. The van der Waals surface area contributed by atoms with E-state index in [0.717, 1.165) is 49.9 Å². The summed E-state index contributed by atoms with van der Waals surface area (Å²) in [6.07, 6.45) is 4.79. The minimum absolute atomic E-state index is 0.0474. The molecule has 0 heterocycles. The van der Waals surface area contributed by atoms with Crippen LogP contribution in [0.1, 0.15) is 101 Å². The molecule has 7 heteroatoms. The van der Waals surface area contributed by atoms with Crippen LogP contribution < -0.4 is 0 Å². The van der Waals surface area contributed by atoms with E-state index in [1.807, 2.05) is 34.3 Å². The van der Waals surface area contributed by atoms with Crippen LogP contribution in [0.5, 0.6) is 0 Å². The van der Waals surface area contributed by atoms with E-state index in [9.17, 15) is 24.6 Å². The van der Waals surface area contributed by atoms with Gasteiger partial charge >= 0.3 is 11.9 Å². The summed E-state index contributed by atoms with van der Waals surface area (Å²) in [7, 11) is 8.17. The Labute approximate surface area is 239 Å². The zero-order valence-electron chi connectivity index (χ0n) is 25.5. The molecule has 0 fully saturated rings. The highest BCUT2D eigenvalue weighted by Crippen LogP contribution is 2.45. The van der Waals surface area contributed by atoms with Gasteiger partial charge in [-0.3, -0.25) is 4.79 Å². The van der Waals surface area contributed by atoms with E-state index < -0.39 is 11.9 Å². The molecular weight excluding hydrogens is 504 g/mol. The summed E-state index contributed by atoms with van der Waals surface area (Å²) < 4.78 is 0. The second-order valence-corrected chi connectivity index (χ2v) is 13.5. The molecule has 3 rings (SSSR count). The third-order valence-electron chi connectivity index (χ3n) is 8.00. The molecule has 218 valence electrons. The number of carbonyl (C=O) groups excluding carboxylic acids is 1. The number of aromatic carboxylic acids is 2. The van der Waals surface area contributed by atoms with Crippen molar-refractivity contribution in [2.45, 2.75) is 66.2 Å². The maximum Gasteiger partial charge on any atom is 0.336 e. The smallest absolute Gasteiger partial charge is 0.336 e. The molecule has 0 spiro atoms. The highest BCUT2D eigenvalue weighted by molar-refractivity contribution is 6.24. The number of nitrogens with zero attached hydrogens (tertiary/aromatic N) is 2. The summed E-state index contributed by atoms with van der Waals surface area (Å²) in [6.45, 7) is 10.5. The fourth-order valence-electron chi connectivity index (χ4n) is 6.01. The Balaban J connectivity index is 2.18. The van der Waals surface area contributed by atoms with Crippen molar-refractivity contribution in [3.63, 3.8) is 0 Å². The van der Waals surface area contributed by atoms with Gasteiger partial charge in [0, 0.05) is 11.1 Å². The Bertz CT molecular complexity index is 1290. The van der Waals surface area contributed by atoms with Crippen molar-refractivity contribution in [2.75, 3.05) is 41.3 Å². The van der Waals surface area contributed by atoms with Crippen molar-refractivity contribution in [2.24, 2.45) is 10.8 Å². The standard InChI is InChI=1S/C33H46N2O5/c1-32(2,13-9-15-34(5)6)19-22-18-24-23-12-11-21(30(37)38)17-25(23)29(36)28(24)26(27(22)31(39)40)20-33(3,4)14-10-16-35(7)8/h11-12,17-18H,9-10,13-16,19-20H2,1-8H3,(H,37,38)(H,39,40). The maximum absolute atomic E-state index is 13.9. The number of benzene rings is 2. The number of rotatable bonds is 14. The average molecular weight is 551 g/mol. The second kappa shape index (κ2) is 12.2. The predicted molar refractivity (Wildman–Crippen MR) is 160 cm³/mol. The molecule has 2 aromatic carbocycles. The van der Waals surface area contributed by atoms with E-state index in [1.165, 1.54) is 12.1 Å². The number of carboxylic acids is 2. The largest absolute Gasteiger partial charge is 0.478 e. The van der Waals surface area contributed by atoms with Crippen molar-refractivity contribution < 1.29 is 24.6 Å². The van der Waals surface area contributed by atoms with E-state index in [0.29, 0.717) is 35.1 Å². The Morgan fingerprint density at radius 3 is 1.80 bits per heavy atom. The first-order valence-electron chi connectivity index (χ1n) is 14.2. The maximum atomic E-state index is 13.9. The highest BCUT2D eigenvalue weighted by atomic mass is 16.4. The molecular formula is C33H46N2O5. The van der Waals surface area contributed by atoms with Crippen molar-refractivity contribution in [3.05, 3.63) is 57.6 Å². The molecule has 0 saturated carbocycles. The fraction of sp³-hybridized carbons (Fsp3) is 0.545. The van der Waals surface area contributed by atoms with Crippen LogP contribution in [0.2, 0.25) is 0 Å². The molecule has 2 N–H and O–H groups in total. The number of carbonyl (C=O) groups is 3. The molecule has 2 aromatic rings. The Morgan fingerprint density at radius 2 is 1.30 bits per heavy atom. The van der Waals surface area contributed by atoms with Crippen LogP contribution in [0, 0.1) is 10.8 Å². The van der Waals surface area contributed by atoms with Crippen LogP contribution in [-0.2, 0) is 12.8 Å². The summed E-state index contributed by atoms with van der Waals surface area (Å²) in [4.78, 5) is 42.7. The number of hydrogen-bond acceptors (Lipinski definition) is 5. The lowest BCUT2D eigenvalue weighted by Gasteiger charge is -2.30. The molecule has 0 unspecified atom stereocenters. The van der Waals surface area contributed by atoms with Gasteiger partial charge in [0.1, 0.15) is 0 Å². The van der Waals surface area contributed by atoms with Gasteiger partial charge in [0.05, 0.1) is 11.1 Å². The molecule has 0 atom stereocenters. The molecule has 40 heavy (non-hydrogen) atoms. The van der Waals surface area contributed by atoms with Crippen LogP contribution in [-0.4, -0.2) is 79.0 Å². The molecule has 1 aliphatic carbocycles. The van der Waals surface area contributed by atoms with E-state index in [-0.39, 0.29) is 27.7 Å². The molecule has 0 radical (unpaired) electrons. The minimum atomic E-state index is -1.10. The van der Waals surface area contributed by atoms with Crippen LogP contribution in [0.3, 0.4) is 0 Å². The van der Waals surface area contributed by atoms with E-state index >= 15 is 0 Å². The van der Waals surface area contributed by atoms with Gasteiger partial charge < -0.3 is 20.0 Å². The molecule has 0 saturated heterocycles. The molecule has 0 bridgehead atoms. The van der Waals surface area contributed by atoms with Crippen molar-refractivity contribution in [3.8, 4) is 11.1 Å². The molecule has 7 nitrogen and oxygen atoms in total. The molecule has 1 aliphatic rings. The van der Waals surface area contributed by atoms with Gasteiger partial charge in [-0.1, -0.05) is 33.8 Å². The van der Waals surface area contributed by atoms with Crippen LogP contribution in [0.25, 0.3) is 11.1 Å². The fourth-order valence-corrected chi connectivity index (χ4v) is 6.01. The minimum Gasteiger partial charge on any atom is -0.478 e. The van der Waals surface area contributed by atoms with Crippen molar-refractivity contribution in [1.29, 1.82) is 0 Å². The summed E-state index contributed by atoms with van der Waals surface area (Å²) in [5.74, 6) is -2.40. The van der Waals surface area contributed by atoms with E-state index in [2.05, 4.69) is 37.5 Å². The van der Waals surface area contributed by atoms with Gasteiger partial charge in [0.15, 0.2) is 5.78 Å². The zero-order chi connectivity index (χ0) is 30.0. The Kier molecular flexibility index (Phi) is 9.63. The van der Waals surface area contributed by atoms with Gasteiger partial charge in [-0.05, 0) is 131 Å². The SMILES string of the molecule is CN(C)CCCC(C)(C)Cc1cc2c(c(CC(C)(C)CCCN(C)C)c1C(=O)O)C(=O)c1cc(C(=O)O)ccc1-2. The first kappa shape index (κ1) is 31.5. The molecule has 0 aliphatic heterocycles. The lowest BCUT2D eigenvalue weighted by Crippen LogP contribution is -2.24. The summed E-state index contributed by atoms with van der Waals surface area (Å²) >= 11 is 0. The van der Waals surface area contributed by atoms with Gasteiger partial charge in [-0.2, -0.15) is 0 Å². The lowest BCUT2D eigenvalue weighted by molar-refractivity contribution is 0.0683.